The maximum Gasteiger partial charge on any atom is 0.306 e. The largest absolute Gasteiger partial charge is 0.481 e. The molecule has 0 amide bonds. The molecule has 2 N–H and O–H groups in total. The summed E-state index contributed by atoms with van der Waals surface area (Å²) < 4.78 is 6.20. The van der Waals surface area contributed by atoms with Crippen molar-refractivity contribution in [3.8, 4) is 0 Å². The van der Waals surface area contributed by atoms with Gasteiger partial charge in [-0.2, -0.15) is 0 Å². The molecule has 1 heterocycles. The van der Waals surface area contributed by atoms with Crippen LogP contribution in [0.25, 0.3) is 0 Å². The number of fused-ring (bicyclic) bond motifs is 5. The number of aliphatic hydroxyl groups excluding tert-OH is 1. The molecule has 9 atom stereocenters. The van der Waals surface area contributed by atoms with Crippen molar-refractivity contribution in [3.05, 3.63) is 0 Å². The number of esters is 1. The van der Waals surface area contributed by atoms with Gasteiger partial charge in [-0.25, -0.2) is 0 Å². The van der Waals surface area contributed by atoms with Crippen LogP contribution < -0.4 is 0 Å². The van der Waals surface area contributed by atoms with Crippen molar-refractivity contribution < 1.29 is 24.5 Å². The molecule has 0 aromatic rings. The summed E-state index contributed by atoms with van der Waals surface area (Å²) >= 11 is 0. The minimum atomic E-state index is -0.712. The minimum Gasteiger partial charge on any atom is -0.481 e. The molecule has 4 rings (SSSR count). The zero-order valence-corrected chi connectivity index (χ0v) is 18.2. The van der Waals surface area contributed by atoms with Crippen molar-refractivity contribution in [2.75, 3.05) is 0 Å². The van der Waals surface area contributed by atoms with Crippen LogP contribution in [0, 0.1) is 40.4 Å². The summed E-state index contributed by atoms with van der Waals surface area (Å²) in [4.78, 5) is 23.8. The lowest BCUT2D eigenvalue weighted by atomic mass is 9.51. The summed E-state index contributed by atoms with van der Waals surface area (Å²) in [5.74, 6) is 1.09. The number of carboxylic acids is 1. The lowest BCUT2D eigenvalue weighted by molar-refractivity contribution is -0.166. The van der Waals surface area contributed by atoms with E-state index in [4.69, 9.17) is 9.84 Å². The first-order valence-corrected chi connectivity index (χ1v) is 11.7. The molecule has 4 aliphatic rings. The van der Waals surface area contributed by atoms with Crippen molar-refractivity contribution in [2.24, 2.45) is 40.4 Å². The van der Waals surface area contributed by atoms with Gasteiger partial charge in [0.25, 0.3) is 0 Å². The number of carbonyl (C=O) groups is 2. The van der Waals surface area contributed by atoms with Gasteiger partial charge in [-0.05, 0) is 80.0 Å². The molecular formula is C24H38O5. The van der Waals surface area contributed by atoms with Gasteiger partial charge in [0.1, 0.15) is 6.10 Å². The zero-order valence-electron chi connectivity index (χ0n) is 18.2. The molecule has 0 bridgehead atoms. The highest BCUT2D eigenvalue weighted by molar-refractivity contribution is 5.70. The van der Waals surface area contributed by atoms with Crippen LogP contribution in [0.1, 0.15) is 85.0 Å². The summed E-state index contributed by atoms with van der Waals surface area (Å²) in [6, 6.07) is 0. The number of aliphatic hydroxyl groups is 1. The molecular weight excluding hydrogens is 368 g/mol. The van der Waals surface area contributed by atoms with E-state index in [1.54, 1.807) is 0 Å². The molecule has 0 radical (unpaired) electrons. The van der Waals surface area contributed by atoms with Gasteiger partial charge in [-0.3, -0.25) is 9.59 Å². The molecule has 5 nitrogen and oxygen atoms in total. The van der Waals surface area contributed by atoms with Crippen molar-refractivity contribution >= 4 is 11.9 Å². The van der Waals surface area contributed by atoms with E-state index in [0.717, 1.165) is 51.4 Å². The van der Waals surface area contributed by atoms with Gasteiger partial charge in [0.05, 0.1) is 6.10 Å². The molecule has 29 heavy (non-hydrogen) atoms. The zero-order chi connectivity index (χ0) is 21.0. The van der Waals surface area contributed by atoms with E-state index in [0.29, 0.717) is 30.1 Å². The number of carbonyl (C=O) groups excluding carboxylic acids is 1. The van der Waals surface area contributed by atoms with Gasteiger partial charge >= 0.3 is 11.9 Å². The third kappa shape index (κ3) is 3.51. The maximum atomic E-state index is 12.8. The number of aliphatic carboxylic acids is 1. The van der Waals surface area contributed by atoms with Crippen LogP contribution in [0.4, 0.5) is 0 Å². The Kier molecular flexibility index (Phi) is 5.50. The monoisotopic (exact) mass is 406 g/mol. The summed E-state index contributed by atoms with van der Waals surface area (Å²) in [5.41, 5.74) is 0.203. The number of hydrogen-bond acceptors (Lipinski definition) is 4. The van der Waals surface area contributed by atoms with E-state index >= 15 is 0 Å². The third-order valence-electron chi connectivity index (χ3n) is 9.80. The van der Waals surface area contributed by atoms with Gasteiger partial charge in [0.15, 0.2) is 0 Å². The van der Waals surface area contributed by atoms with Crippen molar-refractivity contribution in [2.45, 2.75) is 97.2 Å². The normalized spacial score (nSPS) is 47.9. The Balaban J connectivity index is 1.58. The Morgan fingerprint density at radius 3 is 2.55 bits per heavy atom. The average Bonchev–Trinajstić information content (AvgIpc) is 2.95. The molecule has 0 aromatic carbocycles. The topological polar surface area (TPSA) is 83.8 Å². The number of hydrogen-bond donors (Lipinski definition) is 2. The number of carboxylic acid groups (broad SMARTS) is 1. The van der Waals surface area contributed by atoms with Crippen LogP contribution in [0.15, 0.2) is 0 Å². The average molecular weight is 407 g/mol. The molecule has 1 saturated heterocycles. The predicted molar refractivity (Wildman–Crippen MR) is 109 cm³/mol. The van der Waals surface area contributed by atoms with Crippen LogP contribution in [-0.4, -0.2) is 34.4 Å². The summed E-state index contributed by atoms with van der Waals surface area (Å²) in [6.45, 7) is 6.95. The Morgan fingerprint density at radius 2 is 1.83 bits per heavy atom. The smallest absolute Gasteiger partial charge is 0.306 e. The molecule has 4 fully saturated rings. The SMILES string of the molecule is C[C@H](CCC(=O)O)[C@H]1CC[C@H]2[C@@H]3OC(=O)C[C@@H]4C[C@H](O)CC[C@]4(C)[C@H]3CC[C@]12C. The molecule has 0 aromatic heterocycles. The van der Waals surface area contributed by atoms with E-state index in [1.807, 2.05) is 0 Å². The highest BCUT2D eigenvalue weighted by Crippen LogP contribution is 2.65. The third-order valence-corrected chi connectivity index (χ3v) is 9.80. The summed E-state index contributed by atoms with van der Waals surface area (Å²) in [6.07, 6.45) is 8.08. The van der Waals surface area contributed by atoms with Crippen molar-refractivity contribution in [1.29, 1.82) is 0 Å². The molecule has 3 saturated carbocycles. The van der Waals surface area contributed by atoms with Crippen LogP contribution in [0.3, 0.4) is 0 Å². The lowest BCUT2D eigenvalue weighted by Crippen LogP contribution is -2.53. The molecule has 1 aliphatic heterocycles. The second-order valence-electron chi connectivity index (χ2n) is 11.1. The predicted octanol–water partition coefficient (Wildman–Crippen LogP) is 4.41. The van der Waals surface area contributed by atoms with E-state index in [-0.39, 0.29) is 41.3 Å². The fourth-order valence-electron chi connectivity index (χ4n) is 8.07. The maximum absolute atomic E-state index is 12.8. The highest BCUT2D eigenvalue weighted by Gasteiger charge is 2.61. The van der Waals surface area contributed by atoms with Crippen LogP contribution in [0.2, 0.25) is 0 Å². The van der Waals surface area contributed by atoms with E-state index in [9.17, 15) is 14.7 Å². The van der Waals surface area contributed by atoms with E-state index < -0.39 is 5.97 Å². The Hall–Kier alpha value is -1.10. The number of ether oxygens (including phenoxy) is 1. The van der Waals surface area contributed by atoms with Gasteiger partial charge < -0.3 is 14.9 Å². The van der Waals surface area contributed by atoms with Crippen LogP contribution in [-0.2, 0) is 14.3 Å². The van der Waals surface area contributed by atoms with Gasteiger partial charge in [-0.15, -0.1) is 0 Å². The minimum absolute atomic E-state index is 0.0110. The highest BCUT2D eigenvalue weighted by atomic mass is 16.5. The fraction of sp³-hybridized carbons (Fsp3) is 0.917. The molecule has 0 spiro atoms. The summed E-state index contributed by atoms with van der Waals surface area (Å²) in [7, 11) is 0. The van der Waals surface area contributed by atoms with Crippen molar-refractivity contribution in [3.63, 3.8) is 0 Å². The standard InChI is InChI=1S/C24H38O5/c1-14(4-7-20(26)27)17-5-6-18-22-19(9-11-24(17,18)3)23(2)10-8-16(25)12-15(23)13-21(28)29-22/h14-19,22,25H,4-13H2,1-3H3,(H,26,27)/t14-,15+,16-,17-,18+,19+,22+,23+,24-/m1/s1. The van der Waals surface area contributed by atoms with E-state index in [1.165, 1.54) is 0 Å². The summed E-state index contributed by atoms with van der Waals surface area (Å²) in [5, 5.41) is 19.3. The van der Waals surface area contributed by atoms with Crippen LogP contribution >= 0.6 is 0 Å². The van der Waals surface area contributed by atoms with Gasteiger partial charge in [0.2, 0.25) is 0 Å². The Bertz CT molecular complexity index is 662. The second-order valence-corrected chi connectivity index (χ2v) is 11.1. The van der Waals surface area contributed by atoms with Crippen molar-refractivity contribution in [1.82, 2.24) is 0 Å². The Morgan fingerprint density at radius 1 is 1.14 bits per heavy atom. The fourth-order valence-corrected chi connectivity index (χ4v) is 8.07. The lowest BCUT2D eigenvalue weighted by Gasteiger charge is -2.55. The molecule has 164 valence electrons. The van der Waals surface area contributed by atoms with Gasteiger partial charge in [0, 0.05) is 24.7 Å². The van der Waals surface area contributed by atoms with Crippen LogP contribution in [0.5, 0.6) is 0 Å². The Labute approximate surface area is 174 Å². The first kappa shape index (κ1) is 21.1. The molecule has 3 aliphatic carbocycles. The van der Waals surface area contributed by atoms with E-state index in [2.05, 4.69) is 20.8 Å². The number of rotatable bonds is 4. The molecule has 0 unspecified atom stereocenters. The van der Waals surface area contributed by atoms with Gasteiger partial charge in [-0.1, -0.05) is 20.8 Å². The first-order chi connectivity index (χ1) is 13.6. The molecule has 5 heteroatoms. The second kappa shape index (κ2) is 7.55. The quantitative estimate of drug-likeness (QED) is 0.676. The first-order valence-electron chi connectivity index (χ1n) is 11.7.